The first kappa shape index (κ1) is 23.9. The summed E-state index contributed by atoms with van der Waals surface area (Å²) < 4.78 is 35.9. The fourth-order valence-corrected chi connectivity index (χ4v) is 3.83. The van der Waals surface area contributed by atoms with Gasteiger partial charge in [0.05, 0.1) is 42.6 Å². The number of aryl methyl sites for hydroxylation is 1. The number of methoxy groups -OCH3 is 1. The number of nitrogens with zero attached hydrogens (tertiary/aromatic N) is 5. The number of hydrogen-bond donors (Lipinski definition) is 2. The lowest BCUT2D eigenvalue weighted by Crippen LogP contribution is -2.26. The molecule has 9 nitrogen and oxygen atoms in total. The summed E-state index contributed by atoms with van der Waals surface area (Å²) in [4.78, 5) is 23.6. The predicted octanol–water partition coefficient (Wildman–Crippen LogP) is 4.24. The third-order valence-electron chi connectivity index (χ3n) is 5.39. The Morgan fingerprint density at radius 2 is 1.94 bits per heavy atom. The predicted molar refractivity (Wildman–Crippen MR) is 125 cm³/mol. The summed E-state index contributed by atoms with van der Waals surface area (Å²) in [5, 5.41) is 16.7. The van der Waals surface area contributed by atoms with Crippen LogP contribution in [0.1, 0.15) is 29.9 Å². The van der Waals surface area contributed by atoms with Crippen LogP contribution in [0.5, 0.6) is 0 Å². The van der Waals surface area contributed by atoms with Gasteiger partial charge in [0.1, 0.15) is 28.8 Å². The first-order chi connectivity index (χ1) is 16.7. The van der Waals surface area contributed by atoms with E-state index in [4.69, 9.17) is 4.74 Å². The van der Waals surface area contributed by atoms with Crippen molar-refractivity contribution < 1.29 is 23.4 Å². The number of rotatable bonds is 7. The number of ether oxygens (including phenoxy) is 1. The van der Waals surface area contributed by atoms with Crippen molar-refractivity contribution in [2.45, 2.75) is 20.4 Å². The second-order valence-electron chi connectivity index (χ2n) is 8.14. The van der Waals surface area contributed by atoms with Crippen LogP contribution in [0.3, 0.4) is 0 Å². The molecule has 0 bridgehead atoms. The van der Waals surface area contributed by atoms with E-state index < -0.39 is 11.6 Å². The Morgan fingerprint density at radius 1 is 1.23 bits per heavy atom. The molecule has 0 fully saturated rings. The Balaban J connectivity index is 1.78. The topological polar surface area (TPSA) is 105 Å². The molecule has 35 heavy (non-hydrogen) atoms. The van der Waals surface area contributed by atoms with Crippen LogP contribution in [-0.2, 0) is 18.3 Å². The second-order valence-corrected chi connectivity index (χ2v) is 8.14. The molecule has 11 heteroatoms. The lowest BCUT2D eigenvalue weighted by atomic mass is 10.1. The van der Waals surface area contributed by atoms with Crippen molar-refractivity contribution in [2.75, 3.05) is 19.0 Å². The Bertz CT molecular complexity index is 1340. The largest absolute Gasteiger partial charge is 0.512 e. The van der Waals surface area contributed by atoms with Gasteiger partial charge in [0, 0.05) is 25.9 Å². The van der Waals surface area contributed by atoms with E-state index in [-0.39, 0.29) is 47.5 Å². The number of amides is 1. The maximum Gasteiger partial charge on any atom is 0.260 e. The Morgan fingerprint density at radius 3 is 2.54 bits per heavy atom. The molecule has 0 unspecified atom stereocenters. The third-order valence-corrected chi connectivity index (χ3v) is 5.39. The number of halogens is 2. The molecule has 3 aromatic rings. The zero-order valence-electron chi connectivity index (χ0n) is 19.6. The molecule has 0 atom stereocenters. The number of nitrogens with one attached hydrogen (secondary N) is 1. The van der Waals surface area contributed by atoms with Gasteiger partial charge in [0.25, 0.3) is 5.91 Å². The molecule has 2 aromatic heterocycles. The molecule has 0 radical (unpaired) electrons. The second kappa shape index (κ2) is 9.53. The number of aliphatic hydroxyl groups excluding tert-OH is 1. The van der Waals surface area contributed by atoms with E-state index in [0.29, 0.717) is 22.7 Å². The monoisotopic (exact) mass is 482 g/mol. The highest BCUT2D eigenvalue weighted by Gasteiger charge is 2.34. The van der Waals surface area contributed by atoms with Gasteiger partial charge in [-0.2, -0.15) is 5.10 Å². The maximum atomic E-state index is 14.5. The maximum absolute atomic E-state index is 14.5. The molecule has 0 spiro atoms. The van der Waals surface area contributed by atoms with Crippen LogP contribution in [0.15, 0.2) is 53.8 Å². The molecule has 1 aromatic carbocycles. The number of anilines is 2. The van der Waals surface area contributed by atoms with Gasteiger partial charge in [-0.3, -0.25) is 9.48 Å². The number of hydrogen-bond acceptors (Lipinski definition) is 7. The summed E-state index contributed by atoms with van der Waals surface area (Å²) in [6.07, 6.45) is 4.67. The van der Waals surface area contributed by atoms with Crippen molar-refractivity contribution in [2.24, 2.45) is 7.05 Å². The molecule has 2 N–H and O–H groups in total. The first-order valence-electron chi connectivity index (χ1n) is 10.7. The normalized spacial score (nSPS) is 14.2. The molecule has 3 heterocycles. The third kappa shape index (κ3) is 4.84. The quantitative estimate of drug-likeness (QED) is 0.383. The van der Waals surface area contributed by atoms with Crippen LogP contribution in [-0.4, -0.2) is 49.3 Å². The number of aromatic nitrogens is 4. The van der Waals surface area contributed by atoms with Gasteiger partial charge in [-0.15, -0.1) is 0 Å². The molecule has 0 aliphatic carbocycles. The van der Waals surface area contributed by atoms with Crippen molar-refractivity contribution in [3.05, 3.63) is 76.7 Å². The summed E-state index contributed by atoms with van der Waals surface area (Å²) in [7, 11) is 3.20. The molecule has 0 saturated heterocycles. The molecular weight excluding hydrogens is 458 g/mol. The molecule has 0 saturated carbocycles. The van der Waals surface area contributed by atoms with Crippen LogP contribution in [0.25, 0.3) is 11.4 Å². The van der Waals surface area contributed by atoms with Crippen LogP contribution >= 0.6 is 0 Å². The van der Waals surface area contributed by atoms with Gasteiger partial charge < -0.3 is 20.1 Å². The Hall–Kier alpha value is -4.28. The molecule has 4 rings (SSSR count). The number of carbonyl (C=O) groups is 1. The van der Waals surface area contributed by atoms with Gasteiger partial charge in [0.2, 0.25) is 0 Å². The Kier molecular flexibility index (Phi) is 6.50. The smallest absolute Gasteiger partial charge is 0.260 e. The van der Waals surface area contributed by atoms with Gasteiger partial charge in [-0.05, 0) is 31.6 Å². The SMILES string of the molecule is COC(/C=C(\C)O)=C(/C)CN1Cc2nc(-c3c(F)cccc3F)nc(Nc3cnn(C)c3)c2C1=O. The van der Waals surface area contributed by atoms with Crippen LogP contribution in [0.4, 0.5) is 20.3 Å². The summed E-state index contributed by atoms with van der Waals surface area (Å²) in [5.41, 5.74) is 1.39. The summed E-state index contributed by atoms with van der Waals surface area (Å²) in [6, 6.07) is 3.50. The Labute approximate surface area is 200 Å². The van der Waals surface area contributed by atoms with Crippen molar-refractivity contribution in [1.29, 1.82) is 0 Å². The number of carbonyl (C=O) groups excluding carboxylic acids is 1. The minimum Gasteiger partial charge on any atom is -0.512 e. The fourth-order valence-electron chi connectivity index (χ4n) is 3.83. The zero-order valence-corrected chi connectivity index (χ0v) is 19.6. The average molecular weight is 482 g/mol. The molecule has 1 aliphatic rings. The number of fused-ring (bicyclic) bond motifs is 1. The van der Waals surface area contributed by atoms with E-state index >= 15 is 0 Å². The van der Waals surface area contributed by atoms with E-state index in [1.165, 1.54) is 37.3 Å². The summed E-state index contributed by atoms with van der Waals surface area (Å²) >= 11 is 0. The highest BCUT2D eigenvalue weighted by molar-refractivity contribution is 6.03. The van der Waals surface area contributed by atoms with E-state index in [0.717, 1.165) is 12.1 Å². The van der Waals surface area contributed by atoms with Crippen molar-refractivity contribution in [3.63, 3.8) is 0 Å². The average Bonchev–Trinajstić information content (AvgIpc) is 3.34. The molecular formula is C24H24F2N6O3. The standard InChI is InChI=1S/C24H24F2N6O3/c1-13(19(35-4)8-14(2)33)10-32-12-18-21(24(32)34)23(28-15-9-27-31(3)11-15)30-22(29-18)20-16(25)6-5-7-17(20)26/h5-9,11,33H,10,12H2,1-4H3,(H,28,29,30)/b14-8+,19-13-. The zero-order chi connectivity index (χ0) is 25.3. The van der Waals surface area contributed by atoms with E-state index in [1.807, 2.05) is 0 Å². The van der Waals surface area contributed by atoms with Crippen molar-refractivity contribution in [3.8, 4) is 11.4 Å². The number of allylic oxidation sites excluding steroid dienone is 2. The molecule has 1 aliphatic heterocycles. The lowest BCUT2D eigenvalue weighted by molar-refractivity contribution is 0.0791. The first-order valence-corrected chi connectivity index (χ1v) is 10.7. The lowest BCUT2D eigenvalue weighted by Gasteiger charge is -2.17. The summed E-state index contributed by atoms with van der Waals surface area (Å²) in [6.45, 7) is 3.56. The van der Waals surface area contributed by atoms with Crippen LogP contribution in [0, 0.1) is 11.6 Å². The van der Waals surface area contributed by atoms with Crippen LogP contribution < -0.4 is 5.32 Å². The highest BCUT2D eigenvalue weighted by Crippen LogP contribution is 2.33. The van der Waals surface area contributed by atoms with E-state index in [1.54, 1.807) is 24.9 Å². The van der Waals surface area contributed by atoms with E-state index in [2.05, 4.69) is 20.4 Å². The molecule has 1 amide bonds. The van der Waals surface area contributed by atoms with Crippen molar-refractivity contribution >= 4 is 17.4 Å². The number of aliphatic hydroxyl groups is 1. The van der Waals surface area contributed by atoms with Gasteiger partial charge in [0.15, 0.2) is 5.82 Å². The van der Waals surface area contributed by atoms with Gasteiger partial charge in [-0.25, -0.2) is 18.7 Å². The fraction of sp³-hybridized carbons (Fsp3) is 0.250. The van der Waals surface area contributed by atoms with Gasteiger partial charge >= 0.3 is 0 Å². The van der Waals surface area contributed by atoms with Crippen molar-refractivity contribution in [1.82, 2.24) is 24.6 Å². The molecule has 182 valence electrons. The van der Waals surface area contributed by atoms with E-state index in [9.17, 15) is 18.7 Å². The highest BCUT2D eigenvalue weighted by atomic mass is 19.1. The minimum absolute atomic E-state index is 0.0580. The van der Waals surface area contributed by atoms with Crippen LogP contribution in [0.2, 0.25) is 0 Å². The minimum atomic E-state index is -0.812. The summed E-state index contributed by atoms with van der Waals surface area (Å²) in [5.74, 6) is -1.56. The van der Waals surface area contributed by atoms with Gasteiger partial charge in [-0.1, -0.05) is 6.07 Å². The number of benzene rings is 1.